The fourth-order valence-corrected chi connectivity index (χ4v) is 1.22. The molecule has 2 N–H and O–H groups in total. The summed E-state index contributed by atoms with van der Waals surface area (Å²) in [5.41, 5.74) is 0. The molecule has 13 heavy (non-hydrogen) atoms. The number of hydrogen-bond acceptors (Lipinski definition) is 4. The zero-order valence-corrected chi connectivity index (χ0v) is 8.23. The highest BCUT2D eigenvalue weighted by atomic mass is 32.2. The van der Waals surface area contributed by atoms with Crippen LogP contribution in [0.15, 0.2) is 6.33 Å². The molecule has 1 aromatic heterocycles. The van der Waals surface area contributed by atoms with E-state index in [0.717, 1.165) is 5.82 Å². The van der Waals surface area contributed by atoms with E-state index < -0.39 is 0 Å². The summed E-state index contributed by atoms with van der Waals surface area (Å²) in [4.78, 5) is 14.9. The fourth-order valence-electron chi connectivity index (χ4n) is 0.854. The first kappa shape index (κ1) is 10.0. The van der Waals surface area contributed by atoms with Gasteiger partial charge in [-0.05, 0) is 6.26 Å². The van der Waals surface area contributed by atoms with E-state index in [1.54, 1.807) is 0 Å². The molecular formula is C7H12N4OS. The first-order valence-corrected chi connectivity index (χ1v) is 5.32. The highest BCUT2D eigenvalue weighted by molar-refractivity contribution is 7.99. The van der Waals surface area contributed by atoms with Crippen molar-refractivity contribution in [3.63, 3.8) is 0 Å². The Bertz CT molecular complexity index is 249. The van der Waals surface area contributed by atoms with Gasteiger partial charge >= 0.3 is 0 Å². The van der Waals surface area contributed by atoms with Gasteiger partial charge < -0.3 is 5.32 Å². The van der Waals surface area contributed by atoms with Gasteiger partial charge in [-0.2, -0.15) is 16.9 Å². The number of nitrogens with zero attached hydrogens (tertiary/aromatic N) is 2. The normalized spacial score (nSPS) is 9.92. The second-order valence-corrected chi connectivity index (χ2v) is 3.33. The Kier molecular flexibility index (Phi) is 4.31. The average Bonchev–Trinajstić information content (AvgIpc) is 2.57. The van der Waals surface area contributed by atoms with E-state index in [4.69, 9.17) is 0 Å². The van der Waals surface area contributed by atoms with Crippen molar-refractivity contribution in [2.75, 3.05) is 18.6 Å². The van der Waals surface area contributed by atoms with Crippen molar-refractivity contribution in [3.05, 3.63) is 12.2 Å². The number of aromatic amines is 1. The summed E-state index contributed by atoms with van der Waals surface area (Å²) in [5.74, 6) is 1.37. The van der Waals surface area contributed by atoms with Gasteiger partial charge in [0.1, 0.15) is 12.2 Å². The van der Waals surface area contributed by atoms with Crippen LogP contribution in [0.5, 0.6) is 0 Å². The van der Waals surface area contributed by atoms with Crippen molar-refractivity contribution in [2.24, 2.45) is 0 Å². The maximum atomic E-state index is 11.0. The SMILES string of the molecule is CSCC(=O)NCCc1ncn[nH]1. The number of H-pyrrole nitrogens is 1. The Hall–Kier alpha value is -1.04. The lowest BCUT2D eigenvalue weighted by Crippen LogP contribution is -2.27. The van der Waals surface area contributed by atoms with Crippen molar-refractivity contribution in [2.45, 2.75) is 6.42 Å². The van der Waals surface area contributed by atoms with Gasteiger partial charge in [0.15, 0.2) is 0 Å². The number of nitrogens with one attached hydrogen (secondary N) is 2. The molecule has 1 aromatic rings. The summed E-state index contributed by atoms with van der Waals surface area (Å²) in [6, 6.07) is 0. The first-order chi connectivity index (χ1) is 6.33. The molecule has 72 valence electrons. The first-order valence-electron chi connectivity index (χ1n) is 3.93. The minimum absolute atomic E-state index is 0.0621. The van der Waals surface area contributed by atoms with Crippen LogP contribution >= 0.6 is 11.8 Å². The van der Waals surface area contributed by atoms with Crippen LogP contribution in [0, 0.1) is 0 Å². The molecule has 0 aliphatic heterocycles. The maximum Gasteiger partial charge on any atom is 0.229 e. The van der Waals surface area contributed by atoms with E-state index in [1.807, 2.05) is 6.26 Å². The third kappa shape index (κ3) is 3.93. The molecule has 0 aromatic carbocycles. The maximum absolute atomic E-state index is 11.0. The molecule has 5 nitrogen and oxygen atoms in total. The third-order valence-corrected chi connectivity index (χ3v) is 1.98. The van der Waals surface area contributed by atoms with E-state index in [9.17, 15) is 4.79 Å². The molecular weight excluding hydrogens is 188 g/mol. The monoisotopic (exact) mass is 200 g/mol. The Morgan fingerprint density at radius 3 is 3.23 bits per heavy atom. The van der Waals surface area contributed by atoms with Crippen LogP contribution in [0.2, 0.25) is 0 Å². The van der Waals surface area contributed by atoms with E-state index in [1.165, 1.54) is 18.1 Å². The molecule has 0 saturated heterocycles. The smallest absolute Gasteiger partial charge is 0.229 e. The molecule has 0 aliphatic carbocycles. The van der Waals surface area contributed by atoms with Gasteiger partial charge in [0, 0.05) is 13.0 Å². The minimum Gasteiger partial charge on any atom is -0.355 e. The lowest BCUT2D eigenvalue weighted by Gasteiger charge is -2.01. The summed E-state index contributed by atoms with van der Waals surface area (Å²) in [5, 5.41) is 9.20. The molecule has 0 radical (unpaired) electrons. The molecule has 6 heteroatoms. The van der Waals surface area contributed by atoms with Crippen molar-refractivity contribution >= 4 is 17.7 Å². The Labute approximate surface area is 80.7 Å². The number of aromatic nitrogens is 3. The van der Waals surface area contributed by atoms with Crippen molar-refractivity contribution < 1.29 is 4.79 Å². The Morgan fingerprint density at radius 2 is 2.62 bits per heavy atom. The largest absolute Gasteiger partial charge is 0.355 e. The van der Waals surface area contributed by atoms with Crippen LogP contribution < -0.4 is 5.32 Å². The van der Waals surface area contributed by atoms with Crippen LogP contribution in [-0.2, 0) is 11.2 Å². The lowest BCUT2D eigenvalue weighted by atomic mass is 10.4. The second kappa shape index (κ2) is 5.58. The van der Waals surface area contributed by atoms with E-state index >= 15 is 0 Å². The summed E-state index contributed by atoms with van der Waals surface area (Å²) >= 11 is 1.51. The van der Waals surface area contributed by atoms with Crippen LogP contribution in [0.1, 0.15) is 5.82 Å². The highest BCUT2D eigenvalue weighted by Gasteiger charge is 1.99. The topological polar surface area (TPSA) is 70.7 Å². The van der Waals surface area contributed by atoms with E-state index in [-0.39, 0.29) is 5.91 Å². The van der Waals surface area contributed by atoms with Crippen LogP contribution in [-0.4, -0.2) is 39.6 Å². The van der Waals surface area contributed by atoms with Crippen LogP contribution in [0.4, 0.5) is 0 Å². The molecule has 0 bridgehead atoms. The number of rotatable bonds is 5. The van der Waals surface area contributed by atoms with Gasteiger partial charge in [0.2, 0.25) is 5.91 Å². The average molecular weight is 200 g/mol. The molecule has 1 amide bonds. The number of hydrogen-bond donors (Lipinski definition) is 2. The molecule has 0 unspecified atom stereocenters. The van der Waals surface area contributed by atoms with Crippen molar-refractivity contribution in [1.29, 1.82) is 0 Å². The highest BCUT2D eigenvalue weighted by Crippen LogP contribution is 1.90. The standard InChI is InChI=1S/C7H12N4OS/c1-13-4-7(12)8-3-2-6-9-5-10-11-6/h5H,2-4H2,1H3,(H,8,12)(H,9,10,11). The van der Waals surface area contributed by atoms with Gasteiger partial charge in [-0.1, -0.05) is 0 Å². The molecule has 0 atom stereocenters. The number of carbonyl (C=O) groups is 1. The zero-order valence-electron chi connectivity index (χ0n) is 7.41. The van der Waals surface area contributed by atoms with Gasteiger partial charge in [0.05, 0.1) is 5.75 Å². The van der Waals surface area contributed by atoms with Gasteiger partial charge in [-0.3, -0.25) is 9.89 Å². The fraction of sp³-hybridized carbons (Fsp3) is 0.571. The summed E-state index contributed by atoms with van der Waals surface area (Å²) in [6.07, 6.45) is 4.05. The van der Waals surface area contributed by atoms with Crippen LogP contribution in [0.25, 0.3) is 0 Å². The zero-order chi connectivity index (χ0) is 9.52. The molecule has 0 spiro atoms. The van der Waals surface area contributed by atoms with Crippen molar-refractivity contribution in [3.8, 4) is 0 Å². The molecule has 1 rings (SSSR count). The summed E-state index contributed by atoms with van der Waals surface area (Å²) in [6.45, 7) is 0.606. The Balaban J connectivity index is 2.11. The molecule has 1 heterocycles. The Morgan fingerprint density at radius 1 is 1.77 bits per heavy atom. The third-order valence-electron chi connectivity index (χ3n) is 1.42. The van der Waals surface area contributed by atoms with Gasteiger partial charge in [-0.25, -0.2) is 4.98 Å². The number of thioether (sulfide) groups is 1. The lowest BCUT2D eigenvalue weighted by molar-refractivity contribution is -0.118. The predicted molar refractivity (Wildman–Crippen MR) is 51.5 cm³/mol. The number of amides is 1. The van der Waals surface area contributed by atoms with E-state index in [2.05, 4.69) is 20.5 Å². The summed E-state index contributed by atoms with van der Waals surface area (Å²) < 4.78 is 0. The van der Waals surface area contributed by atoms with Crippen molar-refractivity contribution in [1.82, 2.24) is 20.5 Å². The molecule has 0 saturated carbocycles. The number of carbonyl (C=O) groups excluding carboxylic acids is 1. The molecule has 0 fully saturated rings. The van der Waals surface area contributed by atoms with Gasteiger partial charge in [-0.15, -0.1) is 0 Å². The van der Waals surface area contributed by atoms with Crippen LogP contribution in [0.3, 0.4) is 0 Å². The quantitative estimate of drug-likeness (QED) is 0.692. The second-order valence-electron chi connectivity index (χ2n) is 2.47. The molecule has 0 aliphatic rings. The summed E-state index contributed by atoms with van der Waals surface area (Å²) in [7, 11) is 0. The minimum atomic E-state index is 0.0621. The predicted octanol–water partition coefficient (Wildman–Crippen LogP) is -0.174. The van der Waals surface area contributed by atoms with Gasteiger partial charge in [0.25, 0.3) is 0 Å². The van der Waals surface area contributed by atoms with E-state index in [0.29, 0.717) is 18.7 Å².